The zero-order valence-corrected chi connectivity index (χ0v) is 12.2. The number of ether oxygens (including phenoxy) is 2. The van der Waals surface area contributed by atoms with Crippen LogP contribution in [0.3, 0.4) is 0 Å². The number of nitrogens with one attached hydrogen (secondary N) is 1. The van der Waals surface area contributed by atoms with E-state index in [2.05, 4.69) is 21.4 Å². The van der Waals surface area contributed by atoms with E-state index in [9.17, 15) is 0 Å². The van der Waals surface area contributed by atoms with Crippen LogP contribution in [0.4, 0.5) is 5.82 Å². The van der Waals surface area contributed by atoms with E-state index < -0.39 is 0 Å². The van der Waals surface area contributed by atoms with Crippen molar-refractivity contribution in [3.8, 4) is 23.4 Å². The molecule has 1 N–H and O–H groups in total. The van der Waals surface area contributed by atoms with Gasteiger partial charge < -0.3 is 14.8 Å². The predicted octanol–water partition coefficient (Wildman–Crippen LogP) is 2.89. The SMILES string of the molecule is CCNc1ncnc(Oc2ccc(C#N)cc2OC)c1C. The topological polar surface area (TPSA) is 80.1 Å². The molecule has 0 bridgehead atoms. The molecule has 1 aromatic heterocycles. The molecule has 0 radical (unpaired) electrons. The fourth-order valence-electron chi connectivity index (χ4n) is 1.81. The summed E-state index contributed by atoms with van der Waals surface area (Å²) in [6.07, 6.45) is 1.44. The molecule has 0 atom stereocenters. The van der Waals surface area contributed by atoms with E-state index >= 15 is 0 Å². The molecule has 0 aliphatic carbocycles. The third-order valence-electron chi connectivity index (χ3n) is 2.88. The summed E-state index contributed by atoms with van der Waals surface area (Å²) >= 11 is 0. The molecule has 1 aromatic carbocycles. The molecule has 0 unspecified atom stereocenters. The Bertz CT molecular complexity index is 680. The minimum absolute atomic E-state index is 0.448. The Hall–Kier alpha value is -2.81. The Labute approximate surface area is 123 Å². The average molecular weight is 284 g/mol. The molecule has 2 aromatic rings. The molecular formula is C15H16N4O2. The van der Waals surface area contributed by atoms with Gasteiger partial charge in [-0.05, 0) is 26.0 Å². The van der Waals surface area contributed by atoms with Crippen LogP contribution in [0.2, 0.25) is 0 Å². The van der Waals surface area contributed by atoms with Crippen molar-refractivity contribution in [3.63, 3.8) is 0 Å². The zero-order valence-electron chi connectivity index (χ0n) is 12.2. The lowest BCUT2D eigenvalue weighted by Gasteiger charge is -2.13. The molecule has 0 fully saturated rings. The van der Waals surface area contributed by atoms with Crippen molar-refractivity contribution in [2.45, 2.75) is 13.8 Å². The fourth-order valence-corrected chi connectivity index (χ4v) is 1.81. The summed E-state index contributed by atoms with van der Waals surface area (Å²) in [6, 6.07) is 7.03. The number of anilines is 1. The van der Waals surface area contributed by atoms with Crippen molar-refractivity contribution < 1.29 is 9.47 Å². The van der Waals surface area contributed by atoms with Crippen molar-refractivity contribution >= 4 is 5.82 Å². The van der Waals surface area contributed by atoms with Crippen molar-refractivity contribution in [3.05, 3.63) is 35.7 Å². The van der Waals surface area contributed by atoms with Gasteiger partial charge in [-0.25, -0.2) is 9.97 Å². The molecule has 6 nitrogen and oxygen atoms in total. The van der Waals surface area contributed by atoms with E-state index in [1.165, 1.54) is 13.4 Å². The first-order valence-electron chi connectivity index (χ1n) is 6.51. The summed E-state index contributed by atoms with van der Waals surface area (Å²) in [4.78, 5) is 8.30. The lowest BCUT2D eigenvalue weighted by Crippen LogP contribution is -2.04. The summed E-state index contributed by atoms with van der Waals surface area (Å²) in [5.74, 6) is 2.16. The summed E-state index contributed by atoms with van der Waals surface area (Å²) in [6.45, 7) is 4.63. The van der Waals surface area contributed by atoms with E-state index in [4.69, 9.17) is 14.7 Å². The van der Waals surface area contributed by atoms with Crippen LogP contribution >= 0.6 is 0 Å². The Kier molecular flexibility index (Phi) is 4.57. The van der Waals surface area contributed by atoms with E-state index in [0.29, 0.717) is 22.9 Å². The van der Waals surface area contributed by atoms with Crippen LogP contribution in [0, 0.1) is 18.3 Å². The molecule has 2 rings (SSSR count). The normalized spacial score (nSPS) is 9.81. The van der Waals surface area contributed by atoms with Gasteiger partial charge in [0.25, 0.3) is 0 Å². The maximum atomic E-state index is 8.90. The number of nitriles is 1. The highest BCUT2D eigenvalue weighted by atomic mass is 16.5. The smallest absolute Gasteiger partial charge is 0.227 e. The highest BCUT2D eigenvalue weighted by Crippen LogP contribution is 2.33. The maximum Gasteiger partial charge on any atom is 0.227 e. The zero-order chi connectivity index (χ0) is 15.2. The fraction of sp³-hybridized carbons (Fsp3) is 0.267. The first-order chi connectivity index (χ1) is 10.2. The number of hydrogen-bond acceptors (Lipinski definition) is 6. The quantitative estimate of drug-likeness (QED) is 0.909. The van der Waals surface area contributed by atoms with Crippen molar-refractivity contribution in [2.24, 2.45) is 0 Å². The number of rotatable bonds is 5. The van der Waals surface area contributed by atoms with Gasteiger partial charge in [0, 0.05) is 12.6 Å². The standard InChI is InChI=1S/C15H16N4O2/c1-4-17-14-10(2)15(19-9-18-14)21-12-6-5-11(8-16)7-13(12)20-3/h5-7,9H,4H2,1-3H3,(H,17,18,19). The molecule has 21 heavy (non-hydrogen) atoms. The van der Waals surface area contributed by atoms with E-state index in [1.54, 1.807) is 18.2 Å². The minimum Gasteiger partial charge on any atom is -0.493 e. The highest BCUT2D eigenvalue weighted by Gasteiger charge is 2.12. The minimum atomic E-state index is 0.448. The summed E-state index contributed by atoms with van der Waals surface area (Å²) in [5.41, 5.74) is 1.32. The first kappa shape index (κ1) is 14.6. The molecule has 0 saturated heterocycles. The lowest BCUT2D eigenvalue weighted by molar-refractivity contribution is 0.373. The van der Waals surface area contributed by atoms with Crippen molar-refractivity contribution in [1.82, 2.24) is 9.97 Å². The van der Waals surface area contributed by atoms with Crippen LogP contribution in [0.5, 0.6) is 17.4 Å². The average Bonchev–Trinajstić information content (AvgIpc) is 2.51. The number of methoxy groups -OCH3 is 1. The van der Waals surface area contributed by atoms with Gasteiger partial charge in [0.1, 0.15) is 12.1 Å². The van der Waals surface area contributed by atoms with Gasteiger partial charge in [0.15, 0.2) is 11.5 Å². The van der Waals surface area contributed by atoms with Gasteiger partial charge in [-0.2, -0.15) is 5.26 Å². The molecule has 0 spiro atoms. The number of nitrogens with zero attached hydrogens (tertiary/aromatic N) is 3. The van der Waals surface area contributed by atoms with E-state index in [0.717, 1.165) is 17.9 Å². The maximum absolute atomic E-state index is 8.90. The van der Waals surface area contributed by atoms with Gasteiger partial charge in [-0.1, -0.05) is 0 Å². The Morgan fingerprint density at radius 1 is 1.29 bits per heavy atom. The van der Waals surface area contributed by atoms with E-state index in [-0.39, 0.29) is 0 Å². The molecule has 0 aliphatic heterocycles. The van der Waals surface area contributed by atoms with Gasteiger partial charge in [-0.15, -0.1) is 0 Å². The Morgan fingerprint density at radius 3 is 2.76 bits per heavy atom. The number of hydrogen-bond donors (Lipinski definition) is 1. The second-order valence-electron chi connectivity index (χ2n) is 4.26. The Morgan fingerprint density at radius 2 is 2.10 bits per heavy atom. The van der Waals surface area contributed by atoms with Crippen LogP contribution in [0.25, 0.3) is 0 Å². The third-order valence-corrected chi connectivity index (χ3v) is 2.88. The molecule has 0 aliphatic rings. The molecule has 0 saturated carbocycles. The monoisotopic (exact) mass is 284 g/mol. The van der Waals surface area contributed by atoms with Crippen molar-refractivity contribution in [1.29, 1.82) is 5.26 Å². The number of benzene rings is 1. The summed E-state index contributed by atoms with van der Waals surface area (Å²) in [7, 11) is 1.53. The third kappa shape index (κ3) is 3.20. The molecular weight excluding hydrogens is 268 g/mol. The lowest BCUT2D eigenvalue weighted by atomic mass is 10.2. The van der Waals surface area contributed by atoms with Crippen LogP contribution in [0.15, 0.2) is 24.5 Å². The summed E-state index contributed by atoms with van der Waals surface area (Å²) < 4.78 is 11.0. The van der Waals surface area contributed by atoms with Crippen LogP contribution in [-0.4, -0.2) is 23.6 Å². The largest absolute Gasteiger partial charge is 0.493 e. The van der Waals surface area contributed by atoms with E-state index in [1.807, 2.05) is 13.8 Å². The highest BCUT2D eigenvalue weighted by molar-refractivity contribution is 5.52. The first-order valence-corrected chi connectivity index (χ1v) is 6.51. The Balaban J connectivity index is 2.34. The van der Waals surface area contributed by atoms with Gasteiger partial charge >= 0.3 is 0 Å². The van der Waals surface area contributed by atoms with Crippen LogP contribution in [-0.2, 0) is 0 Å². The number of aromatic nitrogens is 2. The molecule has 108 valence electrons. The van der Waals surface area contributed by atoms with Gasteiger partial charge in [0.05, 0.1) is 24.3 Å². The van der Waals surface area contributed by atoms with Crippen LogP contribution in [0.1, 0.15) is 18.1 Å². The summed E-state index contributed by atoms with van der Waals surface area (Å²) in [5, 5.41) is 12.0. The van der Waals surface area contributed by atoms with Crippen LogP contribution < -0.4 is 14.8 Å². The van der Waals surface area contributed by atoms with Gasteiger partial charge in [0.2, 0.25) is 5.88 Å². The second kappa shape index (κ2) is 6.57. The molecule has 6 heteroatoms. The predicted molar refractivity (Wildman–Crippen MR) is 78.7 cm³/mol. The van der Waals surface area contributed by atoms with Crippen molar-refractivity contribution in [2.75, 3.05) is 19.0 Å². The van der Waals surface area contributed by atoms with Gasteiger partial charge in [-0.3, -0.25) is 0 Å². The molecule has 1 heterocycles. The molecule has 0 amide bonds. The second-order valence-corrected chi connectivity index (χ2v) is 4.26.